The minimum Gasteiger partial charge on any atom is -0.444 e. The molecule has 0 aliphatic heterocycles. The molecule has 0 spiro atoms. The molecule has 0 aromatic carbocycles. The number of rotatable bonds is 8. The van der Waals surface area contributed by atoms with Gasteiger partial charge in [0.05, 0.1) is 32.1 Å². The third kappa shape index (κ3) is 8.22. The molecular formula is C13H25IN4O3. The summed E-state index contributed by atoms with van der Waals surface area (Å²) in [7, 11) is 3.37. The third-order valence-corrected chi connectivity index (χ3v) is 2.67. The van der Waals surface area contributed by atoms with Crippen LogP contribution in [0.5, 0.6) is 0 Å². The Hall–Kier alpha value is -0.870. The molecule has 1 heterocycles. The van der Waals surface area contributed by atoms with E-state index in [2.05, 4.69) is 20.6 Å². The number of nitrogens with one attached hydrogen (secondary N) is 2. The fraction of sp³-hybridized carbons (Fsp3) is 0.692. The van der Waals surface area contributed by atoms with E-state index in [1.807, 2.05) is 13.8 Å². The molecule has 21 heavy (non-hydrogen) atoms. The van der Waals surface area contributed by atoms with Crippen molar-refractivity contribution in [3.05, 3.63) is 17.3 Å². The van der Waals surface area contributed by atoms with E-state index in [9.17, 15) is 0 Å². The molecule has 0 radical (unpaired) electrons. The van der Waals surface area contributed by atoms with Crippen LogP contribution in [0.3, 0.4) is 0 Å². The van der Waals surface area contributed by atoms with Gasteiger partial charge in [-0.25, -0.2) is 4.98 Å². The monoisotopic (exact) mass is 412 g/mol. The minimum atomic E-state index is 0. The zero-order valence-corrected chi connectivity index (χ0v) is 15.4. The first kappa shape index (κ1) is 20.1. The number of halogens is 1. The SMILES string of the molecule is CN=C(NCCOCCOC)NCc1nc(C)c(C)o1.I. The summed E-state index contributed by atoms with van der Waals surface area (Å²) in [6.45, 7) is 6.80. The highest BCUT2D eigenvalue weighted by atomic mass is 127. The standard InChI is InChI=1S/C13H24N4O3.HI/c1-10-11(2)20-12(17-10)9-16-13(14-3)15-5-6-19-8-7-18-4;/h5-9H2,1-4H3,(H2,14,15,16);1H. The number of nitrogens with zero attached hydrogens (tertiary/aromatic N) is 2. The quantitative estimate of drug-likeness (QED) is 0.290. The Labute approximate surface area is 142 Å². The van der Waals surface area contributed by atoms with Gasteiger partial charge in [-0.3, -0.25) is 4.99 Å². The summed E-state index contributed by atoms with van der Waals surface area (Å²) >= 11 is 0. The van der Waals surface area contributed by atoms with Gasteiger partial charge in [0.25, 0.3) is 0 Å². The van der Waals surface area contributed by atoms with E-state index in [1.165, 1.54) is 0 Å². The van der Waals surface area contributed by atoms with Crippen LogP contribution in [0.15, 0.2) is 9.41 Å². The Morgan fingerprint density at radius 3 is 2.57 bits per heavy atom. The van der Waals surface area contributed by atoms with Crippen LogP contribution in [0.1, 0.15) is 17.3 Å². The van der Waals surface area contributed by atoms with Gasteiger partial charge in [0, 0.05) is 20.7 Å². The summed E-state index contributed by atoms with van der Waals surface area (Å²) in [4.78, 5) is 8.41. The summed E-state index contributed by atoms with van der Waals surface area (Å²) < 4.78 is 15.7. The van der Waals surface area contributed by atoms with Crippen molar-refractivity contribution in [3.63, 3.8) is 0 Å². The molecule has 0 aliphatic rings. The summed E-state index contributed by atoms with van der Waals surface area (Å²) in [6, 6.07) is 0. The fourth-order valence-electron chi connectivity index (χ4n) is 1.48. The van der Waals surface area contributed by atoms with Crippen LogP contribution in [0.2, 0.25) is 0 Å². The van der Waals surface area contributed by atoms with E-state index in [0.717, 1.165) is 11.5 Å². The van der Waals surface area contributed by atoms with Crippen molar-refractivity contribution in [1.29, 1.82) is 0 Å². The predicted molar refractivity (Wildman–Crippen MR) is 92.3 cm³/mol. The number of hydrogen-bond donors (Lipinski definition) is 2. The number of aryl methyl sites for hydroxylation is 2. The van der Waals surface area contributed by atoms with Crippen LogP contribution in [0.4, 0.5) is 0 Å². The van der Waals surface area contributed by atoms with Crippen molar-refractivity contribution in [2.24, 2.45) is 4.99 Å². The Balaban J connectivity index is 0.00000400. The van der Waals surface area contributed by atoms with Gasteiger partial charge in [-0.1, -0.05) is 0 Å². The second kappa shape index (κ2) is 11.8. The first-order chi connectivity index (χ1) is 9.67. The number of methoxy groups -OCH3 is 1. The molecule has 0 aliphatic carbocycles. The molecule has 1 aromatic heterocycles. The van der Waals surface area contributed by atoms with Crippen LogP contribution >= 0.6 is 24.0 Å². The van der Waals surface area contributed by atoms with E-state index < -0.39 is 0 Å². The lowest BCUT2D eigenvalue weighted by Crippen LogP contribution is -2.38. The molecule has 0 saturated carbocycles. The highest BCUT2D eigenvalue weighted by Crippen LogP contribution is 2.07. The first-order valence-electron chi connectivity index (χ1n) is 6.61. The molecule has 0 unspecified atom stereocenters. The van der Waals surface area contributed by atoms with E-state index in [0.29, 0.717) is 44.8 Å². The van der Waals surface area contributed by atoms with Gasteiger partial charge in [0.2, 0.25) is 5.89 Å². The Kier molecular flexibility index (Phi) is 11.3. The second-order valence-corrected chi connectivity index (χ2v) is 4.21. The number of ether oxygens (including phenoxy) is 2. The maximum absolute atomic E-state index is 5.48. The number of guanidine groups is 1. The highest BCUT2D eigenvalue weighted by Gasteiger charge is 2.06. The van der Waals surface area contributed by atoms with Gasteiger partial charge in [-0.05, 0) is 13.8 Å². The average Bonchev–Trinajstić information content (AvgIpc) is 2.76. The molecule has 0 fully saturated rings. The first-order valence-corrected chi connectivity index (χ1v) is 6.61. The third-order valence-electron chi connectivity index (χ3n) is 2.67. The molecule has 1 aromatic rings. The molecule has 2 N–H and O–H groups in total. The van der Waals surface area contributed by atoms with Crippen molar-refractivity contribution < 1.29 is 13.9 Å². The molecule has 1 rings (SSSR count). The molecule has 122 valence electrons. The highest BCUT2D eigenvalue weighted by molar-refractivity contribution is 14.0. The van der Waals surface area contributed by atoms with Crippen LogP contribution < -0.4 is 10.6 Å². The predicted octanol–water partition coefficient (Wildman–Crippen LogP) is 1.24. The summed E-state index contributed by atoms with van der Waals surface area (Å²) in [5, 5.41) is 6.27. The molecule has 0 atom stereocenters. The number of aliphatic imine (C=N–C) groups is 1. The van der Waals surface area contributed by atoms with Crippen LogP contribution in [0, 0.1) is 13.8 Å². The average molecular weight is 412 g/mol. The van der Waals surface area contributed by atoms with E-state index >= 15 is 0 Å². The topological polar surface area (TPSA) is 80.9 Å². The van der Waals surface area contributed by atoms with Gasteiger partial charge in [0.1, 0.15) is 5.76 Å². The van der Waals surface area contributed by atoms with Gasteiger partial charge in [-0.15, -0.1) is 24.0 Å². The largest absolute Gasteiger partial charge is 0.444 e. The van der Waals surface area contributed by atoms with Crippen molar-refractivity contribution in [2.45, 2.75) is 20.4 Å². The number of hydrogen-bond acceptors (Lipinski definition) is 5. The zero-order chi connectivity index (χ0) is 14.8. The number of oxazole rings is 1. The molecule has 0 saturated heterocycles. The summed E-state index contributed by atoms with van der Waals surface area (Å²) in [5.74, 6) is 2.18. The van der Waals surface area contributed by atoms with Gasteiger partial charge in [-0.2, -0.15) is 0 Å². The molecule has 8 heteroatoms. The fourth-order valence-corrected chi connectivity index (χ4v) is 1.48. The minimum absolute atomic E-state index is 0. The van der Waals surface area contributed by atoms with E-state index in [-0.39, 0.29) is 24.0 Å². The zero-order valence-electron chi connectivity index (χ0n) is 13.1. The summed E-state index contributed by atoms with van der Waals surface area (Å²) in [6.07, 6.45) is 0. The van der Waals surface area contributed by atoms with E-state index in [1.54, 1.807) is 14.2 Å². The van der Waals surface area contributed by atoms with Crippen molar-refractivity contribution >= 4 is 29.9 Å². The van der Waals surface area contributed by atoms with Crippen molar-refractivity contribution in [1.82, 2.24) is 15.6 Å². The Bertz CT molecular complexity index is 404. The van der Waals surface area contributed by atoms with Gasteiger partial charge >= 0.3 is 0 Å². The lowest BCUT2D eigenvalue weighted by atomic mass is 10.4. The number of aromatic nitrogens is 1. The summed E-state index contributed by atoms with van der Waals surface area (Å²) in [5.41, 5.74) is 0.913. The molecular weight excluding hydrogens is 387 g/mol. The van der Waals surface area contributed by atoms with Gasteiger partial charge < -0.3 is 24.5 Å². The Morgan fingerprint density at radius 1 is 1.24 bits per heavy atom. The molecule has 0 amide bonds. The van der Waals surface area contributed by atoms with Crippen LogP contribution in [-0.2, 0) is 16.0 Å². The lowest BCUT2D eigenvalue weighted by Gasteiger charge is -2.10. The molecule has 0 bridgehead atoms. The maximum Gasteiger partial charge on any atom is 0.214 e. The van der Waals surface area contributed by atoms with Crippen LogP contribution in [-0.4, -0.2) is 51.5 Å². The van der Waals surface area contributed by atoms with E-state index in [4.69, 9.17) is 13.9 Å². The second-order valence-electron chi connectivity index (χ2n) is 4.21. The molecule has 7 nitrogen and oxygen atoms in total. The normalized spacial score (nSPS) is 11.1. The van der Waals surface area contributed by atoms with Crippen LogP contribution in [0.25, 0.3) is 0 Å². The smallest absolute Gasteiger partial charge is 0.214 e. The van der Waals surface area contributed by atoms with Gasteiger partial charge in [0.15, 0.2) is 5.96 Å². The lowest BCUT2D eigenvalue weighted by molar-refractivity contribution is 0.0733. The maximum atomic E-state index is 5.48. The van der Waals surface area contributed by atoms with Crippen molar-refractivity contribution in [3.8, 4) is 0 Å². The van der Waals surface area contributed by atoms with Crippen molar-refractivity contribution in [2.75, 3.05) is 40.5 Å². The Morgan fingerprint density at radius 2 is 2.00 bits per heavy atom.